The number of hydrogen-bond acceptors (Lipinski definition) is 2. The predicted octanol–water partition coefficient (Wildman–Crippen LogP) is 4.60. The summed E-state index contributed by atoms with van der Waals surface area (Å²) in [5, 5.41) is 1.17. The number of alkyl halides is 1. The fourth-order valence-corrected chi connectivity index (χ4v) is 3.43. The number of rotatable bonds is 4. The molecule has 1 saturated carbocycles. The van der Waals surface area contributed by atoms with Crippen molar-refractivity contribution < 1.29 is 0 Å². The highest BCUT2D eigenvalue weighted by atomic mass is 35.5. The van der Waals surface area contributed by atoms with Crippen molar-refractivity contribution in [2.75, 3.05) is 18.5 Å². The molecule has 106 valence electrons. The maximum atomic E-state index is 6.11. The molecule has 0 unspecified atom stereocenters. The van der Waals surface area contributed by atoms with Crippen LogP contribution in [0.1, 0.15) is 31.2 Å². The fourth-order valence-electron chi connectivity index (χ4n) is 3.21. The zero-order valence-corrected chi connectivity index (χ0v) is 12.7. The topological polar surface area (TPSA) is 16.1 Å². The summed E-state index contributed by atoms with van der Waals surface area (Å²) in [6.45, 7) is 1.10. The second-order valence-corrected chi connectivity index (χ2v) is 6.09. The molecule has 0 amide bonds. The lowest BCUT2D eigenvalue weighted by Crippen LogP contribution is -2.25. The maximum Gasteiger partial charge on any atom is 0.129 e. The molecule has 1 aromatic heterocycles. The normalized spacial score (nSPS) is 15.9. The number of fused-ring (bicyclic) bond motifs is 1. The molecule has 0 saturated heterocycles. The molecule has 0 spiro atoms. The molecular formula is C17H21ClN2. The van der Waals surface area contributed by atoms with Crippen LogP contribution in [0.4, 0.5) is 5.82 Å². The maximum absolute atomic E-state index is 6.11. The number of pyridine rings is 1. The Morgan fingerprint density at radius 1 is 1.25 bits per heavy atom. The van der Waals surface area contributed by atoms with Gasteiger partial charge < -0.3 is 4.90 Å². The first-order valence-corrected chi connectivity index (χ1v) is 7.97. The number of hydrogen-bond donors (Lipinski definition) is 0. The molecule has 20 heavy (non-hydrogen) atoms. The molecule has 1 aliphatic carbocycles. The molecule has 2 aromatic rings. The third kappa shape index (κ3) is 2.76. The molecular weight excluding hydrogens is 268 g/mol. The average molecular weight is 289 g/mol. The fraction of sp³-hybridized carbons (Fsp3) is 0.471. The lowest BCUT2D eigenvalue weighted by Gasteiger charge is -2.23. The molecule has 0 atom stereocenters. The number of anilines is 1. The van der Waals surface area contributed by atoms with E-state index in [0.717, 1.165) is 23.8 Å². The minimum absolute atomic E-state index is 0.535. The van der Waals surface area contributed by atoms with Gasteiger partial charge >= 0.3 is 0 Å². The summed E-state index contributed by atoms with van der Waals surface area (Å²) in [6, 6.07) is 10.4. The molecule has 2 nitrogen and oxygen atoms in total. The molecule has 1 aromatic carbocycles. The van der Waals surface area contributed by atoms with Crippen molar-refractivity contribution in [3.63, 3.8) is 0 Å². The highest BCUT2D eigenvalue weighted by molar-refractivity contribution is 6.18. The van der Waals surface area contributed by atoms with Crippen molar-refractivity contribution in [3.05, 3.63) is 35.9 Å². The van der Waals surface area contributed by atoms with Gasteiger partial charge in [0.15, 0.2) is 0 Å². The van der Waals surface area contributed by atoms with E-state index < -0.39 is 0 Å². The van der Waals surface area contributed by atoms with Crippen LogP contribution in [-0.4, -0.2) is 18.6 Å². The van der Waals surface area contributed by atoms with Gasteiger partial charge in [0, 0.05) is 24.9 Å². The van der Waals surface area contributed by atoms with Crippen molar-refractivity contribution in [3.8, 4) is 0 Å². The largest absolute Gasteiger partial charge is 0.359 e. The van der Waals surface area contributed by atoms with E-state index in [-0.39, 0.29) is 0 Å². The standard InChI is InChI=1S/C17H21ClN2/c1-20(12-13-6-2-3-7-13)17-10-14(11-18)15-8-4-5-9-16(15)19-17/h4-5,8-10,13H,2-3,6-7,11-12H2,1H3. The second-order valence-electron chi connectivity index (χ2n) is 5.82. The first-order chi connectivity index (χ1) is 9.78. The summed E-state index contributed by atoms with van der Waals surface area (Å²) in [5.41, 5.74) is 2.21. The monoisotopic (exact) mass is 288 g/mol. The molecule has 3 heteroatoms. The summed E-state index contributed by atoms with van der Waals surface area (Å²) in [7, 11) is 2.15. The smallest absolute Gasteiger partial charge is 0.129 e. The van der Waals surface area contributed by atoms with Crippen LogP contribution in [0.2, 0.25) is 0 Å². The Kier molecular flexibility index (Phi) is 4.11. The Bertz CT molecular complexity index is 591. The van der Waals surface area contributed by atoms with Crippen molar-refractivity contribution >= 4 is 28.3 Å². The third-order valence-electron chi connectivity index (χ3n) is 4.33. The van der Waals surface area contributed by atoms with Gasteiger partial charge in [0.1, 0.15) is 5.82 Å². The van der Waals surface area contributed by atoms with Crippen molar-refractivity contribution in [1.82, 2.24) is 4.98 Å². The van der Waals surface area contributed by atoms with E-state index in [0.29, 0.717) is 5.88 Å². The summed E-state index contributed by atoms with van der Waals surface area (Å²) in [6.07, 6.45) is 5.49. The lowest BCUT2D eigenvalue weighted by molar-refractivity contribution is 0.545. The average Bonchev–Trinajstić information content (AvgIpc) is 2.99. The highest BCUT2D eigenvalue weighted by Crippen LogP contribution is 2.28. The lowest BCUT2D eigenvalue weighted by atomic mass is 10.1. The van der Waals surface area contributed by atoms with E-state index in [1.165, 1.54) is 36.6 Å². The van der Waals surface area contributed by atoms with E-state index in [9.17, 15) is 0 Å². The first-order valence-electron chi connectivity index (χ1n) is 7.43. The van der Waals surface area contributed by atoms with Crippen LogP contribution in [0.25, 0.3) is 10.9 Å². The van der Waals surface area contributed by atoms with E-state index in [2.05, 4.69) is 30.1 Å². The van der Waals surface area contributed by atoms with Crippen LogP contribution < -0.4 is 4.90 Å². The number of halogens is 1. The molecule has 0 N–H and O–H groups in total. The van der Waals surface area contributed by atoms with Crippen LogP contribution in [-0.2, 0) is 5.88 Å². The van der Waals surface area contributed by atoms with Crippen LogP contribution >= 0.6 is 11.6 Å². The number of nitrogens with zero attached hydrogens (tertiary/aromatic N) is 2. The molecule has 1 aliphatic rings. The molecule has 0 radical (unpaired) electrons. The van der Waals surface area contributed by atoms with Gasteiger partial charge in [-0.15, -0.1) is 11.6 Å². The summed E-state index contributed by atoms with van der Waals surface area (Å²) in [5.74, 6) is 2.41. The number of aromatic nitrogens is 1. The third-order valence-corrected chi connectivity index (χ3v) is 4.62. The minimum Gasteiger partial charge on any atom is -0.359 e. The van der Waals surface area contributed by atoms with Crippen LogP contribution in [0, 0.1) is 5.92 Å². The summed E-state index contributed by atoms with van der Waals surface area (Å²) in [4.78, 5) is 7.08. The second kappa shape index (κ2) is 6.01. The van der Waals surface area contributed by atoms with Gasteiger partial charge in [-0.3, -0.25) is 0 Å². The van der Waals surface area contributed by atoms with E-state index >= 15 is 0 Å². The molecule has 0 bridgehead atoms. The quantitative estimate of drug-likeness (QED) is 0.764. The van der Waals surface area contributed by atoms with Crippen molar-refractivity contribution in [1.29, 1.82) is 0 Å². The zero-order chi connectivity index (χ0) is 13.9. The van der Waals surface area contributed by atoms with E-state index in [1.54, 1.807) is 0 Å². The summed E-state index contributed by atoms with van der Waals surface area (Å²) >= 11 is 6.11. The van der Waals surface area contributed by atoms with Gasteiger partial charge in [0.2, 0.25) is 0 Å². The molecule has 3 rings (SSSR count). The van der Waals surface area contributed by atoms with Gasteiger partial charge in [-0.2, -0.15) is 0 Å². The minimum atomic E-state index is 0.535. The predicted molar refractivity (Wildman–Crippen MR) is 86.5 cm³/mol. The molecule has 0 aliphatic heterocycles. The van der Waals surface area contributed by atoms with E-state index in [4.69, 9.17) is 16.6 Å². The van der Waals surface area contributed by atoms with Crippen LogP contribution in [0.5, 0.6) is 0 Å². The SMILES string of the molecule is CN(CC1CCCC1)c1cc(CCl)c2ccccc2n1. The Morgan fingerprint density at radius 2 is 2.00 bits per heavy atom. The van der Waals surface area contributed by atoms with Gasteiger partial charge in [-0.1, -0.05) is 31.0 Å². The van der Waals surface area contributed by atoms with Crippen LogP contribution in [0.3, 0.4) is 0 Å². The Hall–Kier alpha value is -1.28. The van der Waals surface area contributed by atoms with Gasteiger partial charge in [-0.05, 0) is 36.5 Å². The van der Waals surface area contributed by atoms with Gasteiger partial charge in [-0.25, -0.2) is 4.98 Å². The number of benzene rings is 1. The van der Waals surface area contributed by atoms with Crippen molar-refractivity contribution in [2.24, 2.45) is 5.92 Å². The Morgan fingerprint density at radius 3 is 2.75 bits per heavy atom. The Balaban J connectivity index is 1.90. The van der Waals surface area contributed by atoms with Gasteiger partial charge in [0.25, 0.3) is 0 Å². The molecule has 1 fully saturated rings. The van der Waals surface area contributed by atoms with E-state index in [1.807, 2.05) is 12.1 Å². The number of para-hydroxylation sites is 1. The molecule has 1 heterocycles. The highest BCUT2D eigenvalue weighted by Gasteiger charge is 2.18. The first kappa shape index (κ1) is 13.7. The zero-order valence-electron chi connectivity index (χ0n) is 12.0. The van der Waals surface area contributed by atoms with Crippen LogP contribution in [0.15, 0.2) is 30.3 Å². The summed E-state index contributed by atoms with van der Waals surface area (Å²) < 4.78 is 0. The van der Waals surface area contributed by atoms with Crippen molar-refractivity contribution in [2.45, 2.75) is 31.6 Å². The Labute approximate surface area is 125 Å². The van der Waals surface area contributed by atoms with Gasteiger partial charge in [0.05, 0.1) is 5.52 Å².